The van der Waals surface area contributed by atoms with Gasteiger partial charge in [0.2, 0.25) is 0 Å². The van der Waals surface area contributed by atoms with E-state index in [0.717, 1.165) is 42.1 Å². The van der Waals surface area contributed by atoms with Gasteiger partial charge < -0.3 is 14.9 Å². The first-order chi connectivity index (χ1) is 19.4. The second kappa shape index (κ2) is 13.3. The number of hydrogen-bond acceptors (Lipinski definition) is 8. The van der Waals surface area contributed by atoms with Crippen LogP contribution in [0.2, 0.25) is 0 Å². The number of Topliss-reactive ketones (excluding diaryl/α,β-unsaturated/α-hetero) is 1. The Balaban J connectivity index is 1.62. The third-order valence-corrected chi connectivity index (χ3v) is 9.95. The minimum atomic E-state index is -1.23. The molecule has 0 radical (unpaired) electrons. The van der Waals surface area contributed by atoms with Gasteiger partial charge in [0.05, 0.1) is 34.7 Å². The van der Waals surface area contributed by atoms with Gasteiger partial charge in [-0.1, -0.05) is 64.4 Å². The van der Waals surface area contributed by atoms with Gasteiger partial charge in [0.1, 0.15) is 11.9 Å². The summed E-state index contributed by atoms with van der Waals surface area (Å²) in [6.07, 6.45) is 2.52. The van der Waals surface area contributed by atoms with Crippen molar-refractivity contribution in [2.45, 2.75) is 111 Å². The van der Waals surface area contributed by atoms with Crippen molar-refractivity contribution in [3.05, 3.63) is 57.6 Å². The molecule has 0 amide bonds. The lowest BCUT2D eigenvalue weighted by molar-refractivity contribution is -0.154. The van der Waals surface area contributed by atoms with E-state index in [0.29, 0.717) is 12.5 Å². The fourth-order valence-corrected chi connectivity index (χ4v) is 6.80. The van der Waals surface area contributed by atoms with Gasteiger partial charge in [-0.2, -0.15) is 0 Å². The molecule has 224 valence electrons. The Bertz CT molecular complexity index is 1230. The molecule has 2 aromatic rings. The molecule has 8 heteroatoms. The maximum atomic E-state index is 13.4. The molecule has 0 spiro atoms. The van der Waals surface area contributed by atoms with Gasteiger partial charge in [-0.3, -0.25) is 14.5 Å². The minimum Gasteiger partial charge on any atom is -0.458 e. The highest BCUT2D eigenvalue weighted by atomic mass is 32.1. The van der Waals surface area contributed by atoms with Crippen molar-refractivity contribution in [2.75, 3.05) is 0 Å². The van der Waals surface area contributed by atoms with Gasteiger partial charge in [0.15, 0.2) is 0 Å². The molecule has 2 fully saturated rings. The molecule has 2 aliphatic rings. The maximum absolute atomic E-state index is 13.4. The summed E-state index contributed by atoms with van der Waals surface area (Å²) >= 11 is 1.58. The van der Waals surface area contributed by atoms with Crippen molar-refractivity contribution in [3.63, 3.8) is 0 Å². The van der Waals surface area contributed by atoms with Crippen LogP contribution in [-0.2, 0) is 20.9 Å². The van der Waals surface area contributed by atoms with Crippen LogP contribution in [0.3, 0.4) is 0 Å². The van der Waals surface area contributed by atoms with Crippen molar-refractivity contribution in [1.82, 2.24) is 9.88 Å². The zero-order chi connectivity index (χ0) is 29.9. The number of thiazole rings is 1. The molecule has 4 rings (SSSR count). The summed E-state index contributed by atoms with van der Waals surface area (Å²) in [7, 11) is 0. The zero-order valence-corrected chi connectivity index (χ0v) is 26.1. The van der Waals surface area contributed by atoms with Crippen molar-refractivity contribution in [2.24, 2.45) is 17.3 Å². The molecule has 1 aromatic heterocycles. The largest absolute Gasteiger partial charge is 0.458 e. The number of esters is 1. The highest BCUT2D eigenvalue weighted by Crippen LogP contribution is 2.40. The van der Waals surface area contributed by atoms with E-state index in [1.54, 1.807) is 32.1 Å². The molecule has 5 unspecified atom stereocenters. The van der Waals surface area contributed by atoms with E-state index in [1.807, 2.05) is 38.3 Å². The molecule has 2 saturated heterocycles. The topological polar surface area (TPSA) is 99.7 Å². The van der Waals surface area contributed by atoms with Gasteiger partial charge >= 0.3 is 5.97 Å². The Morgan fingerprint density at radius 2 is 1.85 bits per heavy atom. The van der Waals surface area contributed by atoms with E-state index in [9.17, 15) is 19.8 Å². The third-order valence-electron chi connectivity index (χ3n) is 9.16. The van der Waals surface area contributed by atoms with E-state index in [-0.39, 0.29) is 24.2 Å². The molecular formula is C33H46N2O5S. The highest BCUT2D eigenvalue weighted by molar-refractivity contribution is 7.09. The number of nitrogens with zero attached hydrogens (tertiary/aromatic N) is 2. The number of aliphatic hydroxyl groups is 2. The number of ketones is 1. The van der Waals surface area contributed by atoms with Crippen LogP contribution < -0.4 is 0 Å². The smallest absolute Gasteiger partial charge is 0.309 e. The number of hydrogen-bond donors (Lipinski definition) is 2. The highest BCUT2D eigenvalue weighted by Gasteiger charge is 2.48. The van der Waals surface area contributed by atoms with E-state index in [4.69, 9.17) is 4.74 Å². The van der Waals surface area contributed by atoms with E-state index < -0.39 is 35.6 Å². The molecule has 1 aromatic carbocycles. The van der Waals surface area contributed by atoms with Gasteiger partial charge in [-0.05, 0) is 49.8 Å². The van der Waals surface area contributed by atoms with Crippen molar-refractivity contribution < 1.29 is 24.5 Å². The second-order valence-electron chi connectivity index (χ2n) is 12.7. The Labute approximate surface area is 248 Å². The Kier molecular flexibility index (Phi) is 10.2. The molecule has 0 aliphatic carbocycles. The van der Waals surface area contributed by atoms with Crippen LogP contribution in [-0.4, -0.2) is 62.2 Å². The lowest BCUT2D eigenvalue weighted by atomic mass is 9.73. The fraction of sp³-hybridized carbons (Fsp3) is 0.606. The first-order valence-corrected chi connectivity index (χ1v) is 15.8. The van der Waals surface area contributed by atoms with E-state index in [2.05, 4.69) is 34.1 Å². The molecule has 0 saturated carbocycles. The predicted octanol–water partition coefficient (Wildman–Crippen LogP) is 5.57. The normalized spacial score (nSPS) is 33.6. The van der Waals surface area contributed by atoms with Crippen LogP contribution >= 0.6 is 11.3 Å². The number of benzene rings is 1. The summed E-state index contributed by atoms with van der Waals surface area (Å²) in [5.41, 5.74) is 1.79. The molecule has 8 atom stereocenters. The lowest BCUT2D eigenvalue weighted by Crippen LogP contribution is -2.45. The number of ether oxygens (including phenoxy) is 1. The van der Waals surface area contributed by atoms with E-state index in [1.165, 1.54) is 5.56 Å². The summed E-state index contributed by atoms with van der Waals surface area (Å²) in [5, 5.41) is 25.0. The third kappa shape index (κ3) is 7.72. The summed E-state index contributed by atoms with van der Waals surface area (Å²) in [4.78, 5) is 33.7. The summed E-state index contributed by atoms with van der Waals surface area (Å²) in [6.45, 7) is 11.8. The average molecular weight is 583 g/mol. The molecule has 0 bridgehead atoms. The van der Waals surface area contributed by atoms with Crippen LogP contribution in [0.25, 0.3) is 6.08 Å². The van der Waals surface area contributed by atoms with Gasteiger partial charge in [-0.15, -0.1) is 11.3 Å². The molecular weight excluding hydrogens is 536 g/mol. The Morgan fingerprint density at radius 3 is 2.51 bits per heavy atom. The summed E-state index contributed by atoms with van der Waals surface area (Å²) in [6, 6.07) is 11.0. The zero-order valence-electron chi connectivity index (χ0n) is 25.2. The first kappa shape index (κ1) is 31.5. The monoisotopic (exact) mass is 582 g/mol. The number of rotatable bonds is 4. The standard InChI is InChI=1S/C33H46N2O5S/c1-20-11-10-14-26-27(35(26)18-24-12-8-7-9-13-24)16-28(21(2)15-25-19-41-23(4)34-25)40-30(37)17-29(36)33(5,6)32(39)22(3)31(20)38/h7-9,12-13,15,19-20,22,26-29,31,36,38H,10-11,14,16-18H2,1-6H3/b21-15+/t20?,22-,26?,27?,28+,29?,31+,35?/m1/s1. The molecule has 41 heavy (non-hydrogen) atoms. The number of aromatic nitrogens is 1. The van der Waals surface area contributed by atoms with Crippen LogP contribution in [0.15, 0.2) is 41.3 Å². The second-order valence-corrected chi connectivity index (χ2v) is 13.7. The summed E-state index contributed by atoms with van der Waals surface area (Å²) in [5.74, 6) is -1.49. The van der Waals surface area contributed by atoms with Gasteiger partial charge in [-0.25, -0.2) is 4.98 Å². The van der Waals surface area contributed by atoms with Crippen molar-refractivity contribution in [3.8, 4) is 0 Å². The lowest BCUT2D eigenvalue weighted by Gasteiger charge is -2.34. The Hall–Kier alpha value is -2.39. The molecule has 2 aliphatic heterocycles. The van der Waals surface area contributed by atoms with Crippen molar-refractivity contribution in [1.29, 1.82) is 0 Å². The van der Waals surface area contributed by atoms with Crippen LogP contribution in [0.1, 0.15) is 83.0 Å². The molecule has 7 nitrogen and oxygen atoms in total. The number of carbonyl (C=O) groups excluding carboxylic acids is 2. The average Bonchev–Trinajstić information content (AvgIpc) is 3.38. The predicted molar refractivity (Wildman–Crippen MR) is 162 cm³/mol. The molecule has 2 N–H and O–H groups in total. The first-order valence-electron chi connectivity index (χ1n) is 14.9. The SMILES string of the molecule is C/C(=C\c1csc(C)n1)[C@@H]1CC2C(CCCC(C)[C@H](O)[C@@H](C)C(=O)C(C)(C)C(O)CC(=O)O1)N2Cc1ccccc1. The number of aryl methyl sites for hydroxylation is 1. The van der Waals surface area contributed by atoms with Crippen molar-refractivity contribution >= 4 is 29.2 Å². The van der Waals surface area contributed by atoms with Crippen LogP contribution in [0.5, 0.6) is 0 Å². The number of fused-ring (bicyclic) bond motifs is 1. The van der Waals surface area contributed by atoms with Gasteiger partial charge in [0.25, 0.3) is 0 Å². The summed E-state index contributed by atoms with van der Waals surface area (Å²) < 4.78 is 6.07. The fourth-order valence-electron chi connectivity index (χ4n) is 6.23. The molecule has 3 heterocycles. The van der Waals surface area contributed by atoms with Gasteiger partial charge in [0, 0.05) is 36.3 Å². The number of aliphatic hydroxyl groups excluding tert-OH is 2. The van der Waals surface area contributed by atoms with Crippen LogP contribution in [0.4, 0.5) is 0 Å². The number of cyclic esters (lactones) is 1. The van der Waals surface area contributed by atoms with Crippen LogP contribution in [0, 0.1) is 24.2 Å². The quantitative estimate of drug-likeness (QED) is 0.359. The minimum absolute atomic E-state index is 0.0565. The number of carbonyl (C=O) groups is 2. The Morgan fingerprint density at radius 1 is 1.15 bits per heavy atom. The van der Waals surface area contributed by atoms with E-state index >= 15 is 0 Å². The maximum Gasteiger partial charge on any atom is 0.309 e.